The molecule has 1 aromatic rings. The molecule has 17 heavy (non-hydrogen) atoms. The van der Waals surface area contributed by atoms with Crippen molar-refractivity contribution in [1.29, 1.82) is 0 Å². The summed E-state index contributed by atoms with van der Waals surface area (Å²) in [6, 6.07) is 6.96. The van der Waals surface area contributed by atoms with Gasteiger partial charge in [0.1, 0.15) is 0 Å². The van der Waals surface area contributed by atoms with E-state index < -0.39 is 0 Å². The van der Waals surface area contributed by atoms with E-state index in [1.807, 2.05) is 0 Å². The number of rotatable bonds is 4. The van der Waals surface area contributed by atoms with Crippen molar-refractivity contribution in [2.24, 2.45) is 11.3 Å². The Kier molecular flexibility index (Phi) is 4.80. The predicted octanol–water partition coefficient (Wildman–Crippen LogP) is 5.17. The molecule has 0 aromatic heterocycles. The molecule has 0 heteroatoms. The van der Waals surface area contributed by atoms with Crippen LogP contribution in [0.5, 0.6) is 0 Å². The van der Waals surface area contributed by atoms with E-state index in [-0.39, 0.29) is 0 Å². The van der Waals surface area contributed by atoms with Crippen LogP contribution in [0.25, 0.3) is 0 Å². The van der Waals surface area contributed by atoms with Crippen molar-refractivity contribution in [2.45, 2.75) is 60.8 Å². The Bertz CT molecular complexity index is 353. The van der Waals surface area contributed by atoms with Gasteiger partial charge in [0.05, 0.1) is 0 Å². The van der Waals surface area contributed by atoms with Gasteiger partial charge in [0.15, 0.2) is 0 Å². The van der Waals surface area contributed by atoms with Crippen LogP contribution < -0.4 is 0 Å². The summed E-state index contributed by atoms with van der Waals surface area (Å²) >= 11 is 0. The first kappa shape index (κ1) is 14.3. The maximum Gasteiger partial charge on any atom is -0.0227 e. The first-order valence-electron chi connectivity index (χ1n) is 6.86. The van der Waals surface area contributed by atoms with E-state index in [1.54, 1.807) is 11.1 Å². The quantitative estimate of drug-likeness (QED) is 0.671. The molecule has 0 unspecified atom stereocenters. The molecule has 0 spiro atoms. The minimum atomic E-state index is 0.375. The lowest BCUT2D eigenvalue weighted by molar-refractivity contribution is 0.409. The second-order valence-electron chi connectivity index (χ2n) is 6.94. The summed E-state index contributed by atoms with van der Waals surface area (Å²) in [6.45, 7) is 13.8. The zero-order valence-electron chi connectivity index (χ0n) is 12.4. The smallest absolute Gasteiger partial charge is 0.0227 e. The first-order valence-corrected chi connectivity index (χ1v) is 6.86. The first-order chi connectivity index (χ1) is 7.78. The van der Waals surface area contributed by atoms with Crippen LogP contribution in [0, 0.1) is 18.3 Å². The van der Waals surface area contributed by atoms with Crippen molar-refractivity contribution in [3.63, 3.8) is 0 Å². The molecule has 0 saturated carbocycles. The molecule has 0 aliphatic rings. The second kappa shape index (κ2) is 5.71. The van der Waals surface area contributed by atoms with Gasteiger partial charge in [-0.3, -0.25) is 0 Å². The number of aryl methyl sites for hydroxylation is 2. The van der Waals surface area contributed by atoms with Gasteiger partial charge in [-0.1, -0.05) is 58.4 Å². The number of hydrogen-bond acceptors (Lipinski definition) is 0. The maximum absolute atomic E-state index is 2.38. The molecule has 0 nitrogen and oxygen atoms in total. The molecule has 0 fully saturated rings. The van der Waals surface area contributed by atoms with Crippen molar-refractivity contribution in [3.05, 3.63) is 34.9 Å². The lowest BCUT2D eigenvalue weighted by Crippen LogP contribution is -2.11. The van der Waals surface area contributed by atoms with Gasteiger partial charge in [0.2, 0.25) is 0 Å². The standard InChI is InChI=1S/C17H28/c1-13(2)7-9-15-10-8-14(3)11-16(15)12-17(4,5)6/h8,10-11,13H,7,9,12H2,1-6H3. The Morgan fingerprint density at radius 3 is 2.24 bits per heavy atom. The molecule has 0 bridgehead atoms. The highest BCUT2D eigenvalue weighted by atomic mass is 14.2. The van der Waals surface area contributed by atoms with Gasteiger partial charge in [-0.25, -0.2) is 0 Å². The van der Waals surface area contributed by atoms with E-state index in [0.29, 0.717) is 5.41 Å². The second-order valence-corrected chi connectivity index (χ2v) is 6.94. The minimum absolute atomic E-state index is 0.375. The highest BCUT2D eigenvalue weighted by Gasteiger charge is 2.14. The Morgan fingerprint density at radius 1 is 1.06 bits per heavy atom. The molecule has 96 valence electrons. The van der Waals surface area contributed by atoms with E-state index in [4.69, 9.17) is 0 Å². The maximum atomic E-state index is 2.38. The minimum Gasteiger partial charge on any atom is -0.0628 e. The van der Waals surface area contributed by atoms with Crippen molar-refractivity contribution >= 4 is 0 Å². The molecular formula is C17H28. The van der Waals surface area contributed by atoms with Gasteiger partial charge in [-0.05, 0) is 48.6 Å². The third-order valence-electron chi connectivity index (χ3n) is 3.07. The van der Waals surface area contributed by atoms with E-state index in [0.717, 1.165) is 5.92 Å². The van der Waals surface area contributed by atoms with E-state index in [2.05, 4.69) is 59.7 Å². The zero-order chi connectivity index (χ0) is 13.1. The van der Waals surface area contributed by atoms with Crippen LogP contribution in [0.3, 0.4) is 0 Å². The fraction of sp³-hybridized carbons (Fsp3) is 0.647. The number of benzene rings is 1. The van der Waals surface area contributed by atoms with Crippen LogP contribution in [0.2, 0.25) is 0 Å². The average molecular weight is 232 g/mol. The summed E-state index contributed by atoms with van der Waals surface area (Å²) in [4.78, 5) is 0. The van der Waals surface area contributed by atoms with Gasteiger partial charge in [0.25, 0.3) is 0 Å². The van der Waals surface area contributed by atoms with Crippen molar-refractivity contribution in [3.8, 4) is 0 Å². The van der Waals surface area contributed by atoms with Crippen molar-refractivity contribution in [2.75, 3.05) is 0 Å². The predicted molar refractivity (Wildman–Crippen MR) is 77.5 cm³/mol. The molecule has 0 aliphatic heterocycles. The molecular weight excluding hydrogens is 204 g/mol. The summed E-state index contributed by atoms with van der Waals surface area (Å²) in [6.07, 6.45) is 3.70. The normalized spacial score (nSPS) is 12.2. The fourth-order valence-electron chi connectivity index (χ4n) is 2.18. The molecule has 0 heterocycles. The van der Waals surface area contributed by atoms with E-state index in [1.165, 1.54) is 24.8 Å². The third kappa shape index (κ3) is 5.39. The largest absolute Gasteiger partial charge is 0.0628 e. The summed E-state index contributed by atoms with van der Waals surface area (Å²) in [5.41, 5.74) is 4.87. The number of hydrogen-bond donors (Lipinski definition) is 0. The zero-order valence-corrected chi connectivity index (χ0v) is 12.4. The fourth-order valence-corrected chi connectivity index (χ4v) is 2.18. The third-order valence-corrected chi connectivity index (χ3v) is 3.07. The van der Waals surface area contributed by atoms with E-state index in [9.17, 15) is 0 Å². The summed E-state index contributed by atoms with van der Waals surface area (Å²) in [7, 11) is 0. The molecule has 0 radical (unpaired) electrons. The van der Waals surface area contributed by atoms with Crippen LogP contribution in [-0.2, 0) is 12.8 Å². The molecule has 1 rings (SSSR count). The molecule has 0 saturated heterocycles. The molecule has 0 aliphatic carbocycles. The van der Waals surface area contributed by atoms with Gasteiger partial charge >= 0.3 is 0 Å². The molecule has 0 N–H and O–H groups in total. The van der Waals surface area contributed by atoms with E-state index >= 15 is 0 Å². The van der Waals surface area contributed by atoms with Gasteiger partial charge in [-0.2, -0.15) is 0 Å². The molecule has 0 amide bonds. The Labute approximate surface area is 107 Å². The van der Waals surface area contributed by atoms with Crippen LogP contribution >= 0.6 is 0 Å². The molecule has 0 atom stereocenters. The van der Waals surface area contributed by atoms with Gasteiger partial charge in [0, 0.05) is 0 Å². The van der Waals surface area contributed by atoms with Crippen molar-refractivity contribution in [1.82, 2.24) is 0 Å². The Morgan fingerprint density at radius 2 is 1.71 bits per heavy atom. The highest BCUT2D eigenvalue weighted by Crippen LogP contribution is 2.25. The van der Waals surface area contributed by atoms with Crippen LogP contribution in [0.15, 0.2) is 18.2 Å². The highest BCUT2D eigenvalue weighted by molar-refractivity contribution is 5.32. The van der Waals surface area contributed by atoms with Crippen LogP contribution in [-0.4, -0.2) is 0 Å². The monoisotopic (exact) mass is 232 g/mol. The van der Waals surface area contributed by atoms with Gasteiger partial charge < -0.3 is 0 Å². The van der Waals surface area contributed by atoms with Gasteiger partial charge in [-0.15, -0.1) is 0 Å². The van der Waals surface area contributed by atoms with Crippen LogP contribution in [0.1, 0.15) is 57.7 Å². The van der Waals surface area contributed by atoms with Crippen molar-refractivity contribution < 1.29 is 0 Å². The average Bonchev–Trinajstić information content (AvgIpc) is 2.13. The topological polar surface area (TPSA) is 0 Å². The molecule has 1 aromatic carbocycles. The summed E-state index contributed by atoms with van der Waals surface area (Å²) in [5.74, 6) is 0.791. The lowest BCUT2D eigenvalue weighted by atomic mass is 9.84. The SMILES string of the molecule is Cc1ccc(CCC(C)C)c(CC(C)(C)C)c1. The summed E-state index contributed by atoms with van der Waals surface area (Å²) < 4.78 is 0. The Balaban J connectivity index is 2.88. The van der Waals surface area contributed by atoms with Crippen LogP contribution in [0.4, 0.5) is 0 Å². The Hall–Kier alpha value is -0.780. The summed E-state index contributed by atoms with van der Waals surface area (Å²) in [5, 5.41) is 0. The lowest BCUT2D eigenvalue weighted by Gasteiger charge is -2.21.